The van der Waals surface area contributed by atoms with Crippen molar-refractivity contribution >= 4 is 17.3 Å². The molecule has 6 nitrogen and oxygen atoms in total. The summed E-state index contributed by atoms with van der Waals surface area (Å²) < 4.78 is 5.44. The molecule has 1 aliphatic heterocycles. The number of pyridine rings is 2. The number of anilines is 2. The van der Waals surface area contributed by atoms with Crippen LogP contribution in [0.1, 0.15) is 16.9 Å². The van der Waals surface area contributed by atoms with E-state index in [-0.39, 0.29) is 5.91 Å². The normalized spacial score (nSPS) is 15.2. The molecule has 0 aliphatic carbocycles. The molecule has 22 heavy (non-hydrogen) atoms. The first-order valence-corrected chi connectivity index (χ1v) is 7.33. The molecule has 0 bridgehead atoms. The summed E-state index contributed by atoms with van der Waals surface area (Å²) in [6.07, 6.45) is 6.00. The van der Waals surface area contributed by atoms with Crippen molar-refractivity contribution in [2.24, 2.45) is 0 Å². The van der Waals surface area contributed by atoms with Crippen molar-refractivity contribution in [2.75, 3.05) is 36.5 Å². The van der Waals surface area contributed by atoms with E-state index in [1.807, 2.05) is 6.07 Å². The molecule has 1 fully saturated rings. The Morgan fingerprint density at radius 1 is 1.18 bits per heavy atom. The first kappa shape index (κ1) is 14.5. The van der Waals surface area contributed by atoms with Crippen molar-refractivity contribution in [3.8, 4) is 0 Å². The van der Waals surface area contributed by atoms with E-state index in [1.54, 1.807) is 36.8 Å². The predicted octanol–water partition coefficient (Wildman–Crippen LogP) is 1.96. The van der Waals surface area contributed by atoms with Gasteiger partial charge in [-0.1, -0.05) is 0 Å². The molecule has 0 saturated carbocycles. The van der Waals surface area contributed by atoms with Crippen molar-refractivity contribution in [3.05, 3.63) is 48.5 Å². The molecule has 1 amide bonds. The van der Waals surface area contributed by atoms with Crippen molar-refractivity contribution in [3.63, 3.8) is 0 Å². The topological polar surface area (TPSA) is 67.4 Å². The molecule has 3 heterocycles. The molecule has 0 aromatic carbocycles. The number of amides is 1. The standard InChI is InChI=1S/C16H18N4O2/c21-16(19-13-3-1-6-17-11-13)15-5-4-14(12-18-15)20-7-2-9-22-10-8-20/h1,3-6,11-12H,2,7-10H2,(H,19,21). The fourth-order valence-corrected chi connectivity index (χ4v) is 2.34. The Hall–Kier alpha value is -2.47. The van der Waals surface area contributed by atoms with Crippen LogP contribution in [-0.4, -0.2) is 42.2 Å². The summed E-state index contributed by atoms with van der Waals surface area (Å²) in [5, 5.41) is 2.77. The van der Waals surface area contributed by atoms with Gasteiger partial charge < -0.3 is 15.0 Å². The summed E-state index contributed by atoms with van der Waals surface area (Å²) in [7, 11) is 0. The molecular formula is C16H18N4O2. The lowest BCUT2D eigenvalue weighted by atomic mass is 10.2. The predicted molar refractivity (Wildman–Crippen MR) is 84.1 cm³/mol. The largest absolute Gasteiger partial charge is 0.380 e. The highest BCUT2D eigenvalue weighted by Crippen LogP contribution is 2.15. The fourth-order valence-electron chi connectivity index (χ4n) is 2.34. The van der Waals surface area contributed by atoms with Gasteiger partial charge in [0, 0.05) is 25.9 Å². The molecule has 1 aliphatic rings. The Morgan fingerprint density at radius 2 is 2.14 bits per heavy atom. The molecule has 2 aromatic heterocycles. The number of rotatable bonds is 3. The second kappa shape index (κ2) is 7.00. The minimum Gasteiger partial charge on any atom is -0.380 e. The molecule has 114 valence electrons. The number of hydrogen-bond donors (Lipinski definition) is 1. The van der Waals surface area contributed by atoms with E-state index in [1.165, 1.54) is 0 Å². The molecule has 2 aromatic rings. The van der Waals surface area contributed by atoms with Crippen molar-refractivity contribution in [1.82, 2.24) is 9.97 Å². The molecule has 0 unspecified atom stereocenters. The lowest BCUT2D eigenvalue weighted by Crippen LogP contribution is -2.26. The third-order valence-corrected chi connectivity index (χ3v) is 3.49. The van der Waals surface area contributed by atoms with Gasteiger partial charge in [0.2, 0.25) is 0 Å². The summed E-state index contributed by atoms with van der Waals surface area (Å²) in [6, 6.07) is 7.23. The first-order chi connectivity index (χ1) is 10.8. The Balaban J connectivity index is 1.66. The van der Waals surface area contributed by atoms with E-state index in [4.69, 9.17) is 4.74 Å². The Bertz CT molecular complexity index is 608. The van der Waals surface area contributed by atoms with Gasteiger partial charge in [0.15, 0.2) is 0 Å². The van der Waals surface area contributed by atoms with Gasteiger partial charge in [-0.25, -0.2) is 4.98 Å². The number of ether oxygens (including phenoxy) is 1. The average molecular weight is 298 g/mol. The number of carbonyl (C=O) groups excluding carboxylic acids is 1. The van der Waals surface area contributed by atoms with E-state index in [0.29, 0.717) is 11.4 Å². The molecule has 6 heteroatoms. The van der Waals surface area contributed by atoms with Crippen LogP contribution in [-0.2, 0) is 4.74 Å². The third kappa shape index (κ3) is 3.59. The van der Waals surface area contributed by atoms with Crippen LogP contribution < -0.4 is 10.2 Å². The minimum absolute atomic E-state index is 0.237. The van der Waals surface area contributed by atoms with E-state index in [9.17, 15) is 4.79 Å². The SMILES string of the molecule is O=C(Nc1cccnc1)c1ccc(N2CCCOCC2)cn1. The van der Waals surface area contributed by atoms with Gasteiger partial charge in [0.1, 0.15) is 5.69 Å². The minimum atomic E-state index is -0.237. The fraction of sp³-hybridized carbons (Fsp3) is 0.312. The molecule has 0 radical (unpaired) electrons. The zero-order valence-electron chi connectivity index (χ0n) is 12.2. The number of nitrogens with zero attached hydrogens (tertiary/aromatic N) is 3. The molecule has 0 atom stereocenters. The van der Waals surface area contributed by atoms with Crippen LogP contribution in [0.3, 0.4) is 0 Å². The van der Waals surface area contributed by atoms with Gasteiger partial charge in [0.05, 0.1) is 30.4 Å². The van der Waals surface area contributed by atoms with Crippen molar-refractivity contribution in [2.45, 2.75) is 6.42 Å². The second-order valence-corrected chi connectivity index (χ2v) is 5.05. The highest BCUT2D eigenvalue weighted by atomic mass is 16.5. The van der Waals surface area contributed by atoms with Crippen LogP contribution >= 0.6 is 0 Å². The smallest absolute Gasteiger partial charge is 0.274 e. The monoisotopic (exact) mass is 298 g/mol. The molecule has 1 saturated heterocycles. The summed E-state index contributed by atoms with van der Waals surface area (Å²) in [4.78, 5) is 22.6. The van der Waals surface area contributed by atoms with Gasteiger partial charge in [-0.15, -0.1) is 0 Å². The Kier molecular flexibility index (Phi) is 4.60. The van der Waals surface area contributed by atoms with Gasteiger partial charge in [-0.05, 0) is 30.7 Å². The highest BCUT2D eigenvalue weighted by Gasteiger charge is 2.12. The molecule has 0 spiro atoms. The maximum absolute atomic E-state index is 12.1. The van der Waals surface area contributed by atoms with Crippen LogP contribution in [0.5, 0.6) is 0 Å². The van der Waals surface area contributed by atoms with Crippen LogP contribution in [0.15, 0.2) is 42.9 Å². The van der Waals surface area contributed by atoms with Crippen LogP contribution in [0.2, 0.25) is 0 Å². The van der Waals surface area contributed by atoms with Crippen LogP contribution in [0.25, 0.3) is 0 Å². The molecular weight excluding hydrogens is 280 g/mol. The Labute approximate surface area is 129 Å². The average Bonchev–Trinajstić information content (AvgIpc) is 2.85. The number of nitrogens with one attached hydrogen (secondary N) is 1. The summed E-state index contributed by atoms with van der Waals surface area (Å²) >= 11 is 0. The Morgan fingerprint density at radius 3 is 2.91 bits per heavy atom. The third-order valence-electron chi connectivity index (χ3n) is 3.49. The van der Waals surface area contributed by atoms with Gasteiger partial charge in [-0.3, -0.25) is 9.78 Å². The van der Waals surface area contributed by atoms with E-state index >= 15 is 0 Å². The maximum Gasteiger partial charge on any atom is 0.274 e. The van der Waals surface area contributed by atoms with E-state index < -0.39 is 0 Å². The number of hydrogen-bond acceptors (Lipinski definition) is 5. The number of carbonyl (C=O) groups is 1. The van der Waals surface area contributed by atoms with Crippen molar-refractivity contribution < 1.29 is 9.53 Å². The highest BCUT2D eigenvalue weighted by molar-refractivity contribution is 6.02. The molecule has 1 N–H and O–H groups in total. The maximum atomic E-state index is 12.1. The van der Waals surface area contributed by atoms with Gasteiger partial charge >= 0.3 is 0 Å². The quantitative estimate of drug-likeness (QED) is 0.938. The van der Waals surface area contributed by atoms with E-state index in [2.05, 4.69) is 20.2 Å². The van der Waals surface area contributed by atoms with Crippen molar-refractivity contribution in [1.29, 1.82) is 0 Å². The van der Waals surface area contributed by atoms with Crippen LogP contribution in [0.4, 0.5) is 11.4 Å². The zero-order chi connectivity index (χ0) is 15.2. The number of aromatic nitrogens is 2. The zero-order valence-corrected chi connectivity index (χ0v) is 12.2. The summed E-state index contributed by atoms with van der Waals surface area (Å²) in [6.45, 7) is 3.32. The summed E-state index contributed by atoms with van der Waals surface area (Å²) in [5.41, 5.74) is 2.06. The lowest BCUT2D eigenvalue weighted by molar-refractivity contribution is 0.102. The lowest BCUT2D eigenvalue weighted by Gasteiger charge is -2.21. The second-order valence-electron chi connectivity index (χ2n) is 5.05. The van der Waals surface area contributed by atoms with Gasteiger partial charge in [0.25, 0.3) is 5.91 Å². The van der Waals surface area contributed by atoms with Gasteiger partial charge in [-0.2, -0.15) is 0 Å². The first-order valence-electron chi connectivity index (χ1n) is 7.33. The van der Waals surface area contributed by atoms with E-state index in [0.717, 1.165) is 38.4 Å². The van der Waals surface area contributed by atoms with Crippen LogP contribution in [0, 0.1) is 0 Å². The summed E-state index contributed by atoms with van der Waals surface area (Å²) in [5.74, 6) is -0.237. The molecule has 3 rings (SSSR count).